The summed E-state index contributed by atoms with van der Waals surface area (Å²) in [4.78, 5) is 31.0. The van der Waals surface area contributed by atoms with Gasteiger partial charge in [-0.2, -0.15) is 0 Å². The number of nitrogens with one attached hydrogen (secondary N) is 2. The molecule has 0 saturated heterocycles. The van der Waals surface area contributed by atoms with E-state index in [4.69, 9.17) is 0 Å². The molecule has 1 aromatic heterocycles. The van der Waals surface area contributed by atoms with E-state index >= 15 is 0 Å². The number of amides is 1. The fourth-order valence-electron chi connectivity index (χ4n) is 1.69. The number of hydrogen-bond donors (Lipinski definition) is 2. The average molecular weight is 262 g/mol. The molecular weight excluding hydrogens is 248 g/mol. The van der Waals surface area contributed by atoms with Crippen LogP contribution in [0.3, 0.4) is 0 Å². The van der Waals surface area contributed by atoms with Gasteiger partial charge in [0.15, 0.2) is 0 Å². The summed E-state index contributed by atoms with van der Waals surface area (Å²) in [7, 11) is 1.33. The van der Waals surface area contributed by atoms with Gasteiger partial charge < -0.3 is 4.74 Å². The first-order valence-corrected chi connectivity index (χ1v) is 5.81. The van der Waals surface area contributed by atoms with E-state index in [2.05, 4.69) is 25.6 Å². The molecule has 1 aliphatic heterocycles. The van der Waals surface area contributed by atoms with E-state index in [1.54, 1.807) is 18.3 Å². The van der Waals surface area contributed by atoms with Crippen LogP contribution in [0.5, 0.6) is 0 Å². The van der Waals surface area contributed by atoms with Crippen LogP contribution in [0.2, 0.25) is 0 Å². The Balaban J connectivity index is 1.87. The molecule has 0 bridgehead atoms. The molecule has 0 saturated carbocycles. The third kappa shape index (κ3) is 3.27. The van der Waals surface area contributed by atoms with Crippen LogP contribution in [-0.2, 0) is 9.53 Å². The maximum absolute atomic E-state index is 11.7. The summed E-state index contributed by atoms with van der Waals surface area (Å²) in [5.41, 5.74) is 5.65. The minimum Gasteiger partial charge on any atom is -0.467 e. The maximum Gasteiger partial charge on any atom is 0.330 e. The van der Waals surface area contributed by atoms with Gasteiger partial charge in [-0.25, -0.2) is 4.79 Å². The topological polar surface area (TPSA) is 92.7 Å². The van der Waals surface area contributed by atoms with Crippen LogP contribution < -0.4 is 10.9 Å². The number of aromatic nitrogens is 1. The Bertz CT molecular complexity index is 501. The number of hydrazine groups is 1. The molecule has 1 amide bonds. The Morgan fingerprint density at radius 1 is 1.47 bits per heavy atom. The summed E-state index contributed by atoms with van der Waals surface area (Å²) in [6.45, 7) is 0. The molecule has 19 heavy (non-hydrogen) atoms. The van der Waals surface area contributed by atoms with E-state index in [0.29, 0.717) is 24.2 Å². The van der Waals surface area contributed by atoms with Gasteiger partial charge in [-0.05, 0) is 18.6 Å². The minimum atomic E-state index is -0.484. The molecule has 0 radical (unpaired) electrons. The van der Waals surface area contributed by atoms with Crippen molar-refractivity contribution in [2.24, 2.45) is 4.99 Å². The second kappa shape index (κ2) is 5.94. The van der Waals surface area contributed by atoms with Crippen LogP contribution >= 0.6 is 0 Å². The highest BCUT2D eigenvalue weighted by molar-refractivity contribution is 5.96. The first-order chi connectivity index (χ1) is 9.20. The zero-order chi connectivity index (χ0) is 13.7. The SMILES string of the molecule is COC(=O)C1CCC(NNC(=O)c2cccnc2)=N1. The lowest BCUT2D eigenvalue weighted by Gasteiger charge is -2.07. The molecule has 7 heteroatoms. The van der Waals surface area contributed by atoms with Crippen LogP contribution in [-0.4, -0.2) is 35.8 Å². The quantitative estimate of drug-likeness (QED) is 0.580. The Morgan fingerprint density at radius 2 is 2.32 bits per heavy atom. The van der Waals surface area contributed by atoms with Crippen molar-refractivity contribution in [3.63, 3.8) is 0 Å². The molecule has 0 aliphatic carbocycles. The molecule has 1 atom stereocenters. The molecular formula is C12H14N4O3. The highest BCUT2D eigenvalue weighted by Crippen LogP contribution is 2.12. The number of ether oxygens (including phenoxy) is 1. The van der Waals surface area contributed by atoms with Crippen LogP contribution in [0, 0.1) is 0 Å². The van der Waals surface area contributed by atoms with Crippen LogP contribution in [0.4, 0.5) is 0 Å². The standard InChI is InChI=1S/C12H14N4O3/c1-19-12(18)9-4-5-10(14-9)15-16-11(17)8-3-2-6-13-7-8/h2-3,6-7,9H,4-5H2,1H3,(H,14,15)(H,16,17). The third-order valence-electron chi connectivity index (χ3n) is 2.68. The van der Waals surface area contributed by atoms with Gasteiger partial charge in [0, 0.05) is 18.8 Å². The molecule has 2 heterocycles. The number of aliphatic imine (C=N–C) groups is 1. The normalized spacial score (nSPS) is 17.5. The van der Waals surface area contributed by atoms with Crippen molar-refractivity contribution in [3.05, 3.63) is 30.1 Å². The van der Waals surface area contributed by atoms with Crippen LogP contribution in [0.1, 0.15) is 23.2 Å². The van der Waals surface area contributed by atoms with E-state index in [-0.39, 0.29) is 11.9 Å². The molecule has 1 aromatic rings. The summed E-state index contributed by atoms with van der Waals surface area (Å²) in [5, 5.41) is 0. The highest BCUT2D eigenvalue weighted by atomic mass is 16.5. The smallest absolute Gasteiger partial charge is 0.330 e. The largest absolute Gasteiger partial charge is 0.467 e. The molecule has 1 aliphatic rings. The minimum absolute atomic E-state index is 0.308. The fraction of sp³-hybridized carbons (Fsp3) is 0.333. The predicted molar refractivity (Wildman–Crippen MR) is 67.3 cm³/mol. The van der Waals surface area contributed by atoms with Crippen molar-refractivity contribution in [3.8, 4) is 0 Å². The fourth-order valence-corrected chi connectivity index (χ4v) is 1.69. The first-order valence-electron chi connectivity index (χ1n) is 5.81. The van der Waals surface area contributed by atoms with Crippen LogP contribution in [0.25, 0.3) is 0 Å². The van der Waals surface area contributed by atoms with Gasteiger partial charge in [-0.1, -0.05) is 0 Å². The number of carbonyl (C=O) groups is 2. The van der Waals surface area contributed by atoms with Gasteiger partial charge in [-0.15, -0.1) is 0 Å². The Kier molecular flexibility index (Phi) is 4.07. The average Bonchev–Trinajstić information content (AvgIpc) is 2.93. The lowest BCUT2D eigenvalue weighted by atomic mass is 10.2. The van der Waals surface area contributed by atoms with Crippen molar-refractivity contribution >= 4 is 17.7 Å². The molecule has 0 aromatic carbocycles. The van der Waals surface area contributed by atoms with Gasteiger partial charge in [0.2, 0.25) is 0 Å². The number of amidine groups is 1. The lowest BCUT2D eigenvalue weighted by Crippen LogP contribution is -2.41. The van der Waals surface area contributed by atoms with Crippen molar-refractivity contribution < 1.29 is 14.3 Å². The number of rotatable bonds is 2. The summed E-state index contributed by atoms with van der Waals surface area (Å²) in [5.74, 6) is -0.111. The zero-order valence-electron chi connectivity index (χ0n) is 10.4. The van der Waals surface area contributed by atoms with Crippen molar-refractivity contribution in [2.45, 2.75) is 18.9 Å². The first kappa shape index (κ1) is 13.0. The van der Waals surface area contributed by atoms with Crippen molar-refractivity contribution in [1.29, 1.82) is 0 Å². The summed E-state index contributed by atoms with van der Waals surface area (Å²) >= 11 is 0. The van der Waals surface area contributed by atoms with E-state index in [0.717, 1.165) is 0 Å². The number of pyridine rings is 1. The lowest BCUT2D eigenvalue weighted by molar-refractivity contribution is -0.141. The second-order valence-corrected chi connectivity index (χ2v) is 3.97. The summed E-state index contributed by atoms with van der Waals surface area (Å²) in [6.07, 6.45) is 4.22. The second-order valence-electron chi connectivity index (χ2n) is 3.97. The molecule has 0 spiro atoms. The number of esters is 1. The van der Waals surface area contributed by atoms with Gasteiger partial charge in [0.1, 0.15) is 11.9 Å². The molecule has 2 N–H and O–H groups in total. The molecule has 100 valence electrons. The molecule has 1 unspecified atom stereocenters. The van der Waals surface area contributed by atoms with E-state index < -0.39 is 6.04 Å². The monoisotopic (exact) mass is 262 g/mol. The number of methoxy groups -OCH3 is 1. The van der Waals surface area contributed by atoms with E-state index in [1.807, 2.05) is 0 Å². The van der Waals surface area contributed by atoms with Crippen molar-refractivity contribution in [1.82, 2.24) is 15.8 Å². The highest BCUT2D eigenvalue weighted by Gasteiger charge is 2.25. The number of nitrogens with zero attached hydrogens (tertiary/aromatic N) is 2. The Hall–Kier alpha value is -2.44. The van der Waals surface area contributed by atoms with Gasteiger partial charge in [0.25, 0.3) is 5.91 Å². The third-order valence-corrected chi connectivity index (χ3v) is 2.68. The van der Waals surface area contributed by atoms with Gasteiger partial charge in [0.05, 0.1) is 12.7 Å². The number of carbonyl (C=O) groups excluding carboxylic acids is 2. The summed E-state index contributed by atoms with van der Waals surface area (Å²) in [6, 6.07) is 2.84. The zero-order valence-corrected chi connectivity index (χ0v) is 10.4. The molecule has 7 nitrogen and oxygen atoms in total. The summed E-state index contributed by atoms with van der Waals surface area (Å²) < 4.78 is 4.61. The molecule has 2 rings (SSSR count). The molecule has 0 fully saturated rings. The van der Waals surface area contributed by atoms with Crippen molar-refractivity contribution in [2.75, 3.05) is 7.11 Å². The van der Waals surface area contributed by atoms with Gasteiger partial charge in [-0.3, -0.25) is 25.6 Å². The van der Waals surface area contributed by atoms with Gasteiger partial charge >= 0.3 is 5.97 Å². The van der Waals surface area contributed by atoms with Crippen LogP contribution in [0.15, 0.2) is 29.5 Å². The Labute approximate surface area is 110 Å². The predicted octanol–water partition coefficient (Wildman–Crippen LogP) is 0.0499. The van der Waals surface area contributed by atoms with E-state index in [9.17, 15) is 9.59 Å². The van der Waals surface area contributed by atoms with E-state index in [1.165, 1.54) is 13.3 Å². The Morgan fingerprint density at radius 3 is 3.00 bits per heavy atom. The number of hydrogen-bond acceptors (Lipinski definition) is 6. The maximum atomic E-state index is 11.7.